The second-order valence-electron chi connectivity index (χ2n) is 7.63. The van der Waals surface area contributed by atoms with Crippen molar-refractivity contribution < 1.29 is 46.1 Å². The Balaban J connectivity index is 0.00000144. The molecular formula is C21H26Cl2Zr. The summed E-state index contributed by atoms with van der Waals surface area (Å²) in [5, 5.41) is 0. The van der Waals surface area contributed by atoms with E-state index in [0.29, 0.717) is 3.63 Å². The van der Waals surface area contributed by atoms with E-state index in [0.717, 1.165) is 0 Å². The van der Waals surface area contributed by atoms with Gasteiger partial charge in [-0.25, -0.2) is 0 Å². The van der Waals surface area contributed by atoms with E-state index in [9.17, 15) is 0 Å². The van der Waals surface area contributed by atoms with E-state index in [-0.39, 0.29) is 30.2 Å². The van der Waals surface area contributed by atoms with Crippen LogP contribution in [0.2, 0.25) is 0 Å². The number of fused-ring (bicyclic) bond motifs is 1. The van der Waals surface area contributed by atoms with Gasteiger partial charge in [0, 0.05) is 0 Å². The zero-order valence-electron chi connectivity index (χ0n) is 15.2. The van der Waals surface area contributed by atoms with Crippen molar-refractivity contribution in [2.75, 3.05) is 0 Å². The molecule has 24 heavy (non-hydrogen) atoms. The Morgan fingerprint density at radius 2 is 1.75 bits per heavy atom. The number of hydrogen-bond donors (Lipinski definition) is 0. The largest absolute Gasteiger partial charge is 1.00 e. The fraction of sp³-hybridized carbons (Fsp3) is 0.381. The first-order valence-corrected chi connectivity index (χ1v) is 12.1. The molecule has 0 aliphatic heterocycles. The molecule has 3 heteroatoms. The number of allylic oxidation sites excluding steroid dienone is 6. The molecule has 1 unspecified atom stereocenters. The summed E-state index contributed by atoms with van der Waals surface area (Å²) in [4.78, 5) is 0. The monoisotopic (exact) mass is 438 g/mol. The van der Waals surface area contributed by atoms with Crippen LogP contribution in [0.15, 0.2) is 51.9 Å². The van der Waals surface area contributed by atoms with E-state index in [1.165, 1.54) is 12.0 Å². The predicted octanol–water partition coefficient (Wildman–Crippen LogP) is -0.147. The Morgan fingerprint density at radius 3 is 2.29 bits per heavy atom. The summed E-state index contributed by atoms with van der Waals surface area (Å²) in [6.45, 7) is 11.8. The minimum Gasteiger partial charge on any atom is -1.00 e. The van der Waals surface area contributed by atoms with Gasteiger partial charge in [-0.2, -0.15) is 0 Å². The van der Waals surface area contributed by atoms with Gasteiger partial charge in [-0.3, -0.25) is 0 Å². The topological polar surface area (TPSA) is 0 Å². The van der Waals surface area contributed by atoms with Gasteiger partial charge in [-0.15, -0.1) is 0 Å². The van der Waals surface area contributed by atoms with Crippen LogP contribution in [0.4, 0.5) is 0 Å². The molecule has 0 saturated heterocycles. The van der Waals surface area contributed by atoms with Gasteiger partial charge in [0.2, 0.25) is 0 Å². The summed E-state index contributed by atoms with van der Waals surface area (Å²) >= 11 is -1.80. The molecule has 0 bridgehead atoms. The van der Waals surface area contributed by atoms with Crippen LogP contribution in [0, 0.1) is 5.41 Å². The minimum absolute atomic E-state index is 0. The first-order chi connectivity index (χ1) is 10.4. The van der Waals surface area contributed by atoms with E-state index < -0.39 is 21.3 Å². The molecular weight excluding hydrogens is 414 g/mol. The van der Waals surface area contributed by atoms with Crippen molar-refractivity contribution in [3.63, 3.8) is 0 Å². The van der Waals surface area contributed by atoms with Crippen LogP contribution < -0.4 is 24.8 Å². The van der Waals surface area contributed by atoms with Gasteiger partial charge in [-0.1, -0.05) is 0 Å². The third-order valence-corrected chi connectivity index (χ3v) is 12.7. The van der Waals surface area contributed by atoms with Gasteiger partial charge in [0.05, 0.1) is 0 Å². The SMILES string of the molecule is C[C](C)=[Zr+2]([C]1=CC=CC1)[CH]1C=C(C(C)(C)C)c2ccccc21.[Cl-].[Cl-]. The summed E-state index contributed by atoms with van der Waals surface area (Å²) in [6.07, 6.45) is 10.8. The average Bonchev–Trinajstić information content (AvgIpc) is 3.07. The zero-order chi connectivity index (χ0) is 15.9. The smallest absolute Gasteiger partial charge is 1.00 e. The van der Waals surface area contributed by atoms with Crippen molar-refractivity contribution in [2.24, 2.45) is 5.41 Å². The Hall–Kier alpha value is -0.227. The fourth-order valence-corrected chi connectivity index (χ4v) is 11.5. The fourth-order valence-electron chi connectivity index (χ4n) is 3.73. The third-order valence-electron chi connectivity index (χ3n) is 4.69. The van der Waals surface area contributed by atoms with Gasteiger partial charge in [0.25, 0.3) is 0 Å². The molecule has 0 amide bonds. The number of hydrogen-bond acceptors (Lipinski definition) is 0. The maximum atomic E-state index is 2.63. The van der Waals surface area contributed by atoms with Crippen molar-refractivity contribution in [3.8, 4) is 0 Å². The molecule has 0 fully saturated rings. The maximum absolute atomic E-state index is 2.63. The molecule has 0 saturated carbocycles. The Kier molecular flexibility index (Phi) is 7.67. The molecule has 1 aromatic carbocycles. The van der Waals surface area contributed by atoms with Gasteiger partial charge in [0.15, 0.2) is 0 Å². The first kappa shape index (κ1) is 21.8. The van der Waals surface area contributed by atoms with Crippen LogP contribution in [0.25, 0.3) is 5.57 Å². The molecule has 0 spiro atoms. The van der Waals surface area contributed by atoms with Crippen LogP contribution in [0.5, 0.6) is 0 Å². The Bertz CT molecular complexity index is 726. The van der Waals surface area contributed by atoms with Crippen LogP contribution in [-0.4, -0.2) is 3.21 Å². The van der Waals surface area contributed by atoms with Crippen LogP contribution in [0.1, 0.15) is 55.8 Å². The Morgan fingerprint density at radius 1 is 1.08 bits per heavy atom. The van der Waals surface area contributed by atoms with Gasteiger partial charge in [-0.05, 0) is 0 Å². The molecule has 3 rings (SSSR count). The summed E-state index contributed by atoms with van der Waals surface area (Å²) < 4.78 is 4.15. The van der Waals surface area contributed by atoms with E-state index in [1.807, 2.05) is 0 Å². The first-order valence-electron chi connectivity index (χ1n) is 8.24. The van der Waals surface area contributed by atoms with Gasteiger partial charge in [0.1, 0.15) is 0 Å². The van der Waals surface area contributed by atoms with Crippen LogP contribution >= 0.6 is 0 Å². The number of benzene rings is 1. The van der Waals surface area contributed by atoms with Crippen molar-refractivity contribution in [3.05, 3.63) is 63.0 Å². The molecule has 2 aliphatic rings. The average molecular weight is 441 g/mol. The molecule has 2 aliphatic carbocycles. The molecule has 0 radical (unpaired) electrons. The molecule has 0 aromatic heterocycles. The van der Waals surface area contributed by atoms with Gasteiger partial charge < -0.3 is 24.8 Å². The standard InChI is InChI=1S/C13H15.C5H5.C3H6.2ClH.Zr/c1-13(2,3)12-9-8-10-6-4-5-7-11(10)12;1-2-4-5-3-1;1-3-2;;;/h4-9H,1-3H3;1-3H,4H2;1-2H3;2*1H;/q;;;;;+2/p-2. The molecule has 128 valence electrons. The van der Waals surface area contributed by atoms with Crippen molar-refractivity contribution in [2.45, 2.75) is 44.7 Å². The van der Waals surface area contributed by atoms with E-state index in [1.54, 1.807) is 17.6 Å². The summed E-state index contributed by atoms with van der Waals surface area (Å²) in [5.74, 6) is 0. The maximum Gasteiger partial charge on any atom is -1.00 e. The van der Waals surface area contributed by atoms with E-state index in [2.05, 4.69) is 83.2 Å². The Labute approximate surface area is 167 Å². The summed E-state index contributed by atoms with van der Waals surface area (Å²) in [5.41, 5.74) is 4.88. The summed E-state index contributed by atoms with van der Waals surface area (Å²) in [6, 6.07) is 9.13. The third kappa shape index (κ3) is 4.12. The second-order valence-corrected chi connectivity index (χ2v) is 15.2. The van der Waals surface area contributed by atoms with Crippen molar-refractivity contribution in [1.29, 1.82) is 0 Å². The zero-order valence-corrected chi connectivity index (χ0v) is 19.1. The second kappa shape index (κ2) is 8.44. The summed E-state index contributed by atoms with van der Waals surface area (Å²) in [7, 11) is 0. The molecule has 1 aromatic rings. The normalized spacial score (nSPS) is 17.8. The molecule has 1 atom stereocenters. The molecule has 0 heterocycles. The van der Waals surface area contributed by atoms with E-state index in [4.69, 9.17) is 0 Å². The predicted molar refractivity (Wildman–Crippen MR) is 94.8 cm³/mol. The van der Waals surface area contributed by atoms with E-state index >= 15 is 0 Å². The molecule has 0 nitrogen and oxygen atoms in total. The van der Waals surface area contributed by atoms with Crippen molar-refractivity contribution >= 4 is 8.78 Å². The van der Waals surface area contributed by atoms with Crippen LogP contribution in [0.3, 0.4) is 0 Å². The van der Waals surface area contributed by atoms with Gasteiger partial charge >= 0.3 is 143 Å². The van der Waals surface area contributed by atoms with Crippen molar-refractivity contribution in [1.82, 2.24) is 0 Å². The number of rotatable bonds is 2. The number of halogens is 2. The minimum atomic E-state index is -1.80. The molecule has 0 N–H and O–H groups in total. The van der Waals surface area contributed by atoms with Crippen LogP contribution in [-0.2, 0) is 21.3 Å². The quantitative estimate of drug-likeness (QED) is 0.601.